The molecule has 1 aromatic carbocycles. The number of alkyl halides is 2. The van der Waals surface area contributed by atoms with Crippen LogP contribution >= 0.6 is 11.6 Å². The highest BCUT2D eigenvalue weighted by molar-refractivity contribution is 6.32. The van der Waals surface area contributed by atoms with Crippen molar-refractivity contribution < 1.29 is 8.78 Å². The molecule has 0 aliphatic heterocycles. The zero-order valence-electron chi connectivity index (χ0n) is 8.07. The number of nitrogen functional groups attached to an aromatic ring is 1. The largest absolute Gasteiger partial charge is 0.399 e. The molecule has 0 fully saturated rings. The van der Waals surface area contributed by atoms with Crippen molar-refractivity contribution in [3.05, 3.63) is 41.2 Å². The monoisotopic (exact) mass is 243 g/mol. The van der Waals surface area contributed by atoms with Crippen molar-refractivity contribution in [3.63, 3.8) is 0 Å². The average molecular weight is 244 g/mol. The minimum Gasteiger partial charge on any atom is -0.399 e. The molecule has 0 amide bonds. The van der Waals surface area contributed by atoms with Gasteiger partial charge in [-0.05, 0) is 24.3 Å². The van der Waals surface area contributed by atoms with Crippen molar-refractivity contribution in [2.45, 2.75) is 6.43 Å². The number of aromatic nitrogens is 2. The molecule has 2 N–H and O–H groups in total. The number of nitrogens with two attached hydrogens (primary N) is 1. The van der Waals surface area contributed by atoms with Gasteiger partial charge in [-0.1, -0.05) is 11.6 Å². The number of nitrogens with zero attached hydrogens (tertiary/aromatic N) is 2. The molecule has 6 heteroatoms. The second kappa shape index (κ2) is 4.09. The first kappa shape index (κ1) is 10.9. The van der Waals surface area contributed by atoms with Gasteiger partial charge in [-0.3, -0.25) is 0 Å². The van der Waals surface area contributed by atoms with Crippen molar-refractivity contribution in [2.24, 2.45) is 0 Å². The van der Waals surface area contributed by atoms with Crippen LogP contribution in [0.5, 0.6) is 0 Å². The zero-order valence-corrected chi connectivity index (χ0v) is 8.83. The molecule has 2 aromatic rings. The second-order valence-electron chi connectivity index (χ2n) is 3.20. The van der Waals surface area contributed by atoms with E-state index in [0.717, 1.165) is 0 Å². The van der Waals surface area contributed by atoms with Gasteiger partial charge in [-0.25, -0.2) is 13.5 Å². The van der Waals surface area contributed by atoms with E-state index in [1.54, 1.807) is 18.2 Å². The summed E-state index contributed by atoms with van der Waals surface area (Å²) in [6, 6.07) is 6.04. The van der Waals surface area contributed by atoms with Gasteiger partial charge in [0.05, 0.1) is 10.7 Å². The Labute approximate surface area is 95.4 Å². The Kier molecular flexibility index (Phi) is 2.78. The Morgan fingerprint density at radius 1 is 1.31 bits per heavy atom. The predicted molar refractivity (Wildman–Crippen MR) is 57.9 cm³/mol. The first-order chi connectivity index (χ1) is 7.58. The highest BCUT2D eigenvalue weighted by Gasteiger charge is 2.12. The summed E-state index contributed by atoms with van der Waals surface area (Å²) < 4.78 is 26.0. The number of rotatable bonds is 2. The van der Waals surface area contributed by atoms with Gasteiger partial charge in [0.15, 0.2) is 0 Å². The van der Waals surface area contributed by atoms with Gasteiger partial charge in [-0.2, -0.15) is 5.10 Å². The maximum absolute atomic E-state index is 12.3. The first-order valence-corrected chi connectivity index (χ1v) is 4.85. The van der Waals surface area contributed by atoms with Crippen LogP contribution in [0.15, 0.2) is 30.5 Å². The minimum atomic E-state index is -2.59. The Balaban J connectivity index is 2.42. The van der Waals surface area contributed by atoms with Crippen molar-refractivity contribution in [1.29, 1.82) is 0 Å². The molecule has 0 aliphatic rings. The summed E-state index contributed by atoms with van der Waals surface area (Å²) in [5.74, 6) is 0. The van der Waals surface area contributed by atoms with Crippen LogP contribution in [0.3, 0.4) is 0 Å². The van der Waals surface area contributed by atoms with E-state index in [1.807, 2.05) is 0 Å². The molecule has 0 bridgehead atoms. The molecule has 0 radical (unpaired) electrons. The summed E-state index contributed by atoms with van der Waals surface area (Å²) in [5, 5.41) is 4.08. The molecular formula is C10H8ClF2N3. The molecule has 16 heavy (non-hydrogen) atoms. The van der Waals surface area contributed by atoms with Gasteiger partial charge in [-0.15, -0.1) is 0 Å². The summed E-state index contributed by atoms with van der Waals surface area (Å²) in [5.41, 5.74) is 6.27. The summed E-state index contributed by atoms with van der Waals surface area (Å²) >= 11 is 5.92. The van der Waals surface area contributed by atoms with Crippen molar-refractivity contribution in [1.82, 2.24) is 9.78 Å². The van der Waals surface area contributed by atoms with Gasteiger partial charge in [0.1, 0.15) is 5.69 Å². The van der Waals surface area contributed by atoms with Crippen LogP contribution in [0.1, 0.15) is 12.1 Å². The molecule has 0 saturated carbocycles. The summed E-state index contributed by atoms with van der Waals surface area (Å²) in [6.07, 6.45) is -1.16. The molecule has 84 valence electrons. The molecule has 0 saturated heterocycles. The lowest BCUT2D eigenvalue weighted by molar-refractivity contribution is 0.145. The fourth-order valence-corrected chi connectivity index (χ4v) is 1.57. The van der Waals surface area contributed by atoms with Crippen LogP contribution in [0, 0.1) is 0 Å². The van der Waals surface area contributed by atoms with E-state index in [2.05, 4.69) is 5.10 Å². The molecule has 1 aromatic heterocycles. The van der Waals surface area contributed by atoms with E-state index in [-0.39, 0.29) is 5.69 Å². The van der Waals surface area contributed by atoms with Crippen LogP contribution in [-0.2, 0) is 0 Å². The van der Waals surface area contributed by atoms with E-state index in [1.165, 1.54) is 16.9 Å². The number of anilines is 1. The molecule has 0 spiro atoms. The predicted octanol–water partition coefficient (Wildman–Crippen LogP) is 3.05. The Morgan fingerprint density at radius 2 is 2.06 bits per heavy atom. The van der Waals surface area contributed by atoms with E-state index in [9.17, 15) is 8.78 Å². The van der Waals surface area contributed by atoms with E-state index >= 15 is 0 Å². The standard InChI is InChI=1S/C10H8ClF2N3/c11-7-5-6(14)1-2-9(7)16-4-3-8(15-16)10(12)13/h1-5,10H,14H2. The quantitative estimate of drug-likeness (QED) is 0.824. The number of hydrogen-bond donors (Lipinski definition) is 1. The normalized spacial score (nSPS) is 11.0. The smallest absolute Gasteiger partial charge is 0.282 e. The minimum absolute atomic E-state index is 0.284. The number of benzene rings is 1. The van der Waals surface area contributed by atoms with Crippen molar-refractivity contribution >= 4 is 17.3 Å². The molecular weight excluding hydrogens is 236 g/mol. The summed E-state index contributed by atoms with van der Waals surface area (Å²) in [7, 11) is 0. The maximum Gasteiger partial charge on any atom is 0.282 e. The third kappa shape index (κ3) is 1.99. The lowest BCUT2D eigenvalue weighted by Crippen LogP contribution is -1.98. The van der Waals surface area contributed by atoms with Crippen LogP contribution in [0.25, 0.3) is 5.69 Å². The molecule has 0 atom stereocenters. The highest BCUT2D eigenvalue weighted by atomic mass is 35.5. The zero-order chi connectivity index (χ0) is 11.7. The fourth-order valence-electron chi connectivity index (χ4n) is 1.30. The van der Waals surface area contributed by atoms with Crippen molar-refractivity contribution in [2.75, 3.05) is 5.73 Å². The first-order valence-electron chi connectivity index (χ1n) is 4.47. The van der Waals surface area contributed by atoms with Gasteiger partial charge in [0.25, 0.3) is 6.43 Å². The Bertz CT molecular complexity index is 511. The molecule has 2 rings (SSSR count). The van der Waals surface area contributed by atoms with E-state index < -0.39 is 6.43 Å². The van der Waals surface area contributed by atoms with Crippen LogP contribution in [0.4, 0.5) is 14.5 Å². The molecule has 3 nitrogen and oxygen atoms in total. The summed E-state index contributed by atoms with van der Waals surface area (Å²) in [6.45, 7) is 0. The lowest BCUT2D eigenvalue weighted by Gasteiger charge is -2.04. The Hall–Kier alpha value is -1.62. The van der Waals surface area contributed by atoms with Crippen molar-refractivity contribution in [3.8, 4) is 5.69 Å². The van der Waals surface area contributed by atoms with Gasteiger partial charge in [0.2, 0.25) is 0 Å². The highest BCUT2D eigenvalue weighted by Crippen LogP contribution is 2.24. The van der Waals surface area contributed by atoms with Gasteiger partial charge >= 0.3 is 0 Å². The topological polar surface area (TPSA) is 43.8 Å². The number of halogens is 3. The van der Waals surface area contributed by atoms with Gasteiger partial charge in [0, 0.05) is 11.9 Å². The average Bonchev–Trinajstić information content (AvgIpc) is 2.66. The van der Waals surface area contributed by atoms with Crippen LogP contribution in [-0.4, -0.2) is 9.78 Å². The second-order valence-corrected chi connectivity index (χ2v) is 3.60. The van der Waals surface area contributed by atoms with Gasteiger partial charge < -0.3 is 5.73 Å². The van der Waals surface area contributed by atoms with E-state index in [0.29, 0.717) is 16.4 Å². The van der Waals surface area contributed by atoms with Crippen LogP contribution in [0.2, 0.25) is 5.02 Å². The third-order valence-electron chi connectivity index (χ3n) is 2.05. The molecule has 0 unspecified atom stereocenters. The lowest BCUT2D eigenvalue weighted by atomic mass is 10.3. The maximum atomic E-state index is 12.3. The molecule has 0 aliphatic carbocycles. The fraction of sp³-hybridized carbons (Fsp3) is 0.100. The third-order valence-corrected chi connectivity index (χ3v) is 2.35. The van der Waals surface area contributed by atoms with Crippen LogP contribution < -0.4 is 5.73 Å². The molecule has 1 heterocycles. The van der Waals surface area contributed by atoms with E-state index in [4.69, 9.17) is 17.3 Å². The summed E-state index contributed by atoms with van der Waals surface area (Å²) in [4.78, 5) is 0. The Morgan fingerprint density at radius 3 is 2.62 bits per heavy atom. The number of hydrogen-bond acceptors (Lipinski definition) is 2. The SMILES string of the molecule is Nc1ccc(-n2ccc(C(F)F)n2)c(Cl)c1.